The van der Waals surface area contributed by atoms with E-state index < -0.39 is 0 Å². The van der Waals surface area contributed by atoms with Gasteiger partial charge in [0.05, 0.1) is 12.6 Å². The zero-order valence-electron chi connectivity index (χ0n) is 17.5. The van der Waals surface area contributed by atoms with Crippen LogP contribution in [0.4, 0.5) is 5.69 Å². The standard InChI is InChI=1S/C22H26ClN5O2S2/c23-14-3-5-15(6-4-14)26-22(31)27-16-10-19-21(30)25-11-17(28(19)13-16)7-8-20(29)24-12-18-2-1-9-32-18/h1-6,9,16-17,19H,7-8,10-13H2,(H,24,29)(H,25,30)(H2,26,27,31)/t16-,17+,19-/m0/s1. The van der Waals surface area contributed by atoms with Crippen LogP contribution in [0.1, 0.15) is 24.1 Å². The zero-order valence-corrected chi connectivity index (χ0v) is 19.9. The van der Waals surface area contributed by atoms with Gasteiger partial charge in [0, 0.05) is 47.2 Å². The molecule has 2 aromatic rings. The van der Waals surface area contributed by atoms with E-state index in [-0.39, 0.29) is 29.9 Å². The second-order valence-electron chi connectivity index (χ2n) is 8.04. The molecule has 3 heterocycles. The first-order valence-electron chi connectivity index (χ1n) is 10.6. The molecule has 170 valence electrons. The fourth-order valence-corrected chi connectivity index (χ4v) is 5.27. The SMILES string of the molecule is O=C(CC[C@@H]1CNC(=O)[C@@H]2C[C@H](NC(=S)Nc3ccc(Cl)cc3)CN12)NCc1cccs1. The molecule has 1 aromatic carbocycles. The van der Waals surface area contributed by atoms with Crippen LogP contribution in [-0.4, -0.2) is 53.0 Å². The molecule has 4 rings (SSSR count). The van der Waals surface area contributed by atoms with E-state index in [9.17, 15) is 9.59 Å². The van der Waals surface area contributed by atoms with Gasteiger partial charge in [-0.2, -0.15) is 0 Å². The van der Waals surface area contributed by atoms with Gasteiger partial charge in [0.25, 0.3) is 0 Å². The summed E-state index contributed by atoms with van der Waals surface area (Å²) in [5.41, 5.74) is 0.854. The van der Waals surface area contributed by atoms with Crippen molar-refractivity contribution in [2.45, 2.75) is 43.9 Å². The van der Waals surface area contributed by atoms with E-state index in [2.05, 4.69) is 26.2 Å². The van der Waals surface area contributed by atoms with Crippen molar-refractivity contribution < 1.29 is 9.59 Å². The van der Waals surface area contributed by atoms with Gasteiger partial charge in [0.15, 0.2) is 5.11 Å². The van der Waals surface area contributed by atoms with Gasteiger partial charge < -0.3 is 21.3 Å². The molecule has 7 nitrogen and oxygen atoms in total. The van der Waals surface area contributed by atoms with Crippen molar-refractivity contribution in [2.24, 2.45) is 0 Å². The predicted molar refractivity (Wildman–Crippen MR) is 132 cm³/mol. The highest BCUT2D eigenvalue weighted by Crippen LogP contribution is 2.26. The van der Waals surface area contributed by atoms with E-state index >= 15 is 0 Å². The van der Waals surface area contributed by atoms with Gasteiger partial charge in [-0.15, -0.1) is 11.3 Å². The summed E-state index contributed by atoms with van der Waals surface area (Å²) in [4.78, 5) is 28.1. The number of thiocarbonyl (C=S) groups is 1. The van der Waals surface area contributed by atoms with Gasteiger partial charge in [-0.25, -0.2) is 0 Å². The van der Waals surface area contributed by atoms with Gasteiger partial charge >= 0.3 is 0 Å². The number of hydrogen-bond donors (Lipinski definition) is 4. The molecule has 2 saturated heterocycles. The molecule has 32 heavy (non-hydrogen) atoms. The number of thiophene rings is 1. The van der Waals surface area contributed by atoms with Crippen LogP contribution in [0, 0.1) is 0 Å². The topological polar surface area (TPSA) is 85.5 Å². The molecule has 0 aliphatic carbocycles. The van der Waals surface area contributed by atoms with Crippen molar-refractivity contribution in [3.05, 3.63) is 51.7 Å². The number of nitrogens with zero attached hydrogens (tertiary/aromatic N) is 1. The minimum atomic E-state index is -0.196. The third-order valence-electron chi connectivity index (χ3n) is 5.80. The molecule has 2 fully saturated rings. The maximum Gasteiger partial charge on any atom is 0.237 e. The molecule has 3 atom stereocenters. The summed E-state index contributed by atoms with van der Waals surface area (Å²) in [5, 5.41) is 15.6. The van der Waals surface area contributed by atoms with Crippen molar-refractivity contribution in [1.82, 2.24) is 20.9 Å². The lowest BCUT2D eigenvalue weighted by molar-refractivity contribution is -0.129. The van der Waals surface area contributed by atoms with Crippen LogP contribution in [0.25, 0.3) is 0 Å². The smallest absolute Gasteiger partial charge is 0.237 e. The fraction of sp³-hybridized carbons (Fsp3) is 0.409. The summed E-state index contributed by atoms with van der Waals surface area (Å²) in [6.45, 7) is 1.84. The van der Waals surface area contributed by atoms with Gasteiger partial charge in [-0.3, -0.25) is 14.5 Å². The number of fused-ring (bicyclic) bond motifs is 1. The molecule has 0 spiro atoms. The van der Waals surface area contributed by atoms with Crippen molar-refractivity contribution in [3.8, 4) is 0 Å². The van der Waals surface area contributed by atoms with Gasteiger partial charge in [0.2, 0.25) is 11.8 Å². The second kappa shape index (κ2) is 10.6. The van der Waals surface area contributed by atoms with E-state index in [0.717, 1.165) is 10.6 Å². The number of benzene rings is 1. The molecule has 10 heteroatoms. The molecule has 2 aliphatic heterocycles. The van der Waals surface area contributed by atoms with Crippen molar-refractivity contribution in [1.29, 1.82) is 0 Å². The Bertz CT molecular complexity index is 954. The minimum Gasteiger partial charge on any atom is -0.358 e. The minimum absolute atomic E-state index is 0.0362. The van der Waals surface area contributed by atoms with Gasteiger partial charge in [-0.05, 0) is 60.8 Å². The van der Waals surface area contributed by atoms with Gasteiger partial charge in [0.1, 0.15) is 0 Å². The Morgan fingerprint density at radius 1 is 1.28 bits per heavy atom. The number of anilines is 1. The zero-order chi connectivity index (χ0) is 22.5. The number of carbonyl (C=O) groups excluding carboxylic acids is 2. The average Bonchev–Trinajstić information content (AvgIpc) is 3.44. The Morgan fingerprint density at radius 2 is 2.09 bits per heavy atom. The van der Waals surface area contributed by atoms with Gasteiger partial charge in [-0.1, -0.05) is 17.7 Å². The van der Waals surface area contributed by atoms with Crippen LogP contribution in [0.3, 0.4) is 0 Å². The summed E-state index contributed by atoms with van der Waals surface area (Å²) >= 11 is 13.0. The summed E-state index contributed by atoms with van der Waals surface area (Å²) in [5.74, 6) is 0.0818. The molecule has 0 unspecified atom stereocenters. The summed E-state index contributed by atoms with van der Waals surface area (Å²) in [7, 11) is 0. The number of carbonyl (C=O) groups is 2. The van der Waals surface area contributed by atoms with Crippen molar-refractivity contribution >= 4 is 57.8 Å². The van der Waals surface area contributed by atoms with E-state index in [0.29, 0.717) is 49.0 Å². The molecule has 2 amide bonds. The Morgan fingerprint density at radius 3 is 2.84 bits per heavy atom. The van der Waals surface area contributed by atoms with E-state index in [1.54, 1.807) is 23.5 Å². The molecule has 4 N–H and O–H groups in total. The maximum atomic E-state index is 12.4. The lowest BCUT2D eigenvalue weighted by Crippen LogP contribution is -2.58. The second-order valence-corrected chi connectivity index (χ2v) is 9.92. The van der Waals surface area contributed by atoms with Crippen LogP contribution in [0.15, 0.2) is 41.8 Å². The Balaban J connectivity index is 1.26. The highest BCUT2D eigenvalue weighted by molar-refractivity contribution is 7.80. The molecule has 0 bridgehead atoms. The lowest BCUT2D eigenvalue weighted by Gasteiger charge is -2.37. The molecule has 0 saturated carbocycles. The highest BCUT2D eigenvalue weighted by atomic mass is 35.5. The summed E-state index contributed by atoms with van der Waals surface area (Å²) < 4.78 is 0. The first-order valence-corrected chi connectivity index (χ1v) is 12.3. The average molecular weight is 492 g/mol. The molecule has 0 radical (unpaired) electrons. The fourth-order valence-electron chi connectivity index (χ4n) is 4.22. The van der Waals surface area contributed by atoms with Crippen LogP contribution in [-0.2, 0) is 16.1 Å². The summed E-state index contributed by atoms with van der Waals surface area (Å²) in [6.07, 6.45) is 1.81. The molecular weight excluding hydrogens is 466 g/mol. The van der Waals surface area contributed by atoms with Crippen molar-refractivity contribution in [3.63, 3.8) is 0 Å². The predicted octanol–water partition coefficient (Wildman–Crippen LogP) is 2.73. The summed E-state index contributed by atoms with van der Waals surface area (Å²) in [6, 6.07) is 11.3. The maximum absolute atomic E-state index is 12.4. The molecular formula is C22H26ClN5O2S2. The number of amides is 2. The number of piperazine rings is 1. The quantitative estimate of drug-likeness (QED) is 0.446. The Hall–Kier alpha value is -2.20. The number of rotatable bonds is 7. The van der Waals surface area contributed by atoms with E-state index in [4.69, 9.17) is 23.8 Å². The number of nitrogens with one attached hydrogen (secondary N) is 4. The monoisotopic (exact) mass is 491 g/mol. The largest absolute Gasteiger partial charge is 0.358 e. The lowest BCUT2D eigenvalue weighted by atomic mass is 10.0. The highest BCUT2D eigenvalue weighted by Gasteiger charge is 2.43. The van der Waals surface area contributed by atoms with Crippen LogP contribution in [0.2, 0.25) is 5.02 Å². The number of hydrogen-bond acceptors (Lipinski definition) is 5. The third-order valence-corrected chi connectivity index (χ3v) is 7.15. The van der Waals surface area contributed by atoms with Crippen molar-refractivity contribution in [2.75, 3.05) is 18.4 Å². The first kappa shape index (κ1) is 23.0. The third kappa shape index (κ3) is 5.98. The van der Waals surface area contributed by atoms with Crippen LogP contribution < -0.4 is 21.3 Å². The van der Waals surface area contributed by atoms with Crippen LogP contribution in [0.5, 0.6) is 0 Å². The Kier molecular flexibility index (Phi) is 7.62. The van der Waals surface area contributed by atoms with Crippen LogP contribution >= 0.6 is 35.2 Å². The first-order chi connectivity index (χ1) is 15.5. The number of halogens is 1. The molecule has 1 aromatic heterocycles. The molecule has 2 aliphatic rings. The van der Waals surface area contributed by atoms with E-state index in [1.165, 1.54) is 0 Å². The van der Waals surface area contributed by atoms with E-state index in [1.807, 2.05) is 29.6 Å². The normalized spacial score (nSPS) is 22.7. The Labute approximate surface area is 201 Å².